The Balaban J connectivity index is 1.50. The van der Waals surface area contributed by atoms with Crippen LogP contribution in [0.2, 0.25) is 0 Å². The highest BCUT2D eigenvalue weighted by atomic mass is 16.2. The number of carbonyl (C=O) groups excluding carboxylic acids is 2. The third-order valence-corrected chi connectivity index (χ3v) is 4.90. The average Bonchev–Trinajstić information content (AvgIpc) is 2.87. The van der Waals surface area contributed by atoms with Crippen LogP contribution in [0.25, 0.3) is 11.4 Å². The van der Waals surface area contributed by atoms with E-state index >= 15 is 0 Å². The molecular weight excluding hydrogens is 364 g/mol. The number of hydrogen-bond donors (Lipinski definition) is 1. The van der Waals surface area contributed by atoms with E-state index in [0.717, 1.165) is 28.9 Å². The molecule has 0 saturated heterocycles. The minimum Gasteiger partial charge on any atom is -0.329 e. The Morgan fingerprint density at radius 3 is 2.76 bits per heavy atom. The maximum absolute atomic E-state index is 13.0. The zero-order valence-electron chi connectivity index (χ0n) is 16.3. The number of fused-ring (bicyclic) bond motifs is 1. The van der Waals surface area contributed by atoms with Gasteiger partial charge in [0.25, 0.3) is 5.91 Å². The molecule has 29 heavy (non-hydrogen) atoms. The lowest BCUT2D eigenvalue weighted by Gasteiger charge is -2.20. The third-order valence-electron chi connectivity index (χ3n) is 4.90. The maximum Gasteiger partial charge on any atom is 0.257 e. The van der Waals surface area contributed by atoms with Gasteiger partial charge in [0.15, 0.2) is 5.82 Å². The van der Waals surface area contributed by atoms with Crippen molar-refractivity contribution in [1.82, 2.24) is 14.9 Å². The van der Waals surface area contributed by atoms with E-state index in [-0.39, 0.29) is 18.4 Å². The lowest BCUT2D eigenvalue weighted by atomic mass is 10.1. The molecule has 0 unspecified atom stereocenters. The van der Waals surface area contributed by atoms with Crippen molar-refractivity contribution in [2.24, 2.45) is 0 Å². The summed E-state index contributed by atoms with van der Waals surface area (Å²) < 4.78 is 0. The highest BCUT2D eigenvalue weighted by molar-refractivity contribution is 6.00. The van der Waals surface area contributed by atoms with Crippen LogP contribution < -0.4 is 5.32 Å². The van der Waals surface area contributed by atoms with Crippen LogP contribution in [0.15, 0.2) is 60.8 Å². The lowest BCUT2D eigenvalue weighted by Crippen LogP contribution is -2.38. The smallest absolute Gasteiger partial charge is 0.257 e. The van der Waals surface area contributed by atoms with Gasteiger partial charge < -0.3 is 10.2 Å². The second kappa shape index (κ2) is 8.22. The Morgan fingerprint density at radius 2 is 1.97 bits per heavy atom. The van der Waals surface area contributed by atoms with Gasteiger partial charge in [0.05, 0.1) is 11.3 Å². The first-order valence-electron chi connectivity index (χ1n) is 9.67. The molecule has 2 aromatic carbocycles. The van der Waals surface area contributed by atoms with Crippen molar-refractivity contribution in [3.63, 3.8) is 0 Å². The largest absolute Gasteiger partial charge is 0.329 e. The average molecular weight is 386 g/mol. The van der Waals surface area contributed by atoms with E-state index < -0.39 is 0 Å². The van der Waals surface area contributed by atoms with Gasteiger partial charge >= 0.3 is 0 Å². The molecule has 6 heteroatoms. The van der Waals surface area contributed by atoms with Crippen LogP contribution in [0, 0.1) is 6.92 Å². The van der Waals surface area contributed by atoms with Crippen molar-refractivity contribution in [2.75, 3.05) is 18.4 Å². The lowest BCUT2D eigenvalue weighted by molar-refractivity contribution is -0.116. The zero-order chi connectivity index (χ0) is 20.2. The Kier molecular flexibility index (Phi) is 5.33. The van der Waals surface area contributed by atoms with Crippen LogP contribution in [0.3, 0.4) is 0 Å². The fourth-order valence-electron chi connectivity index (χ4n) is 3.47. The van der Waals surface area contributed by atoms with Gasteiger partial charge in [-0.3, -0.25) is 9.59 Å². The quantitative estimate of drug-likeness (QED) is 0.745. The molecule has 0 bridgehead atoms. The Morgan fingerprint density at radius 1 is 1.14 bits per heavy atom. The van der Waals surface area contributed by atoms with Crippen LogP contribution in [0.4, 0.5) is 5.69 Å². The first kappa shape index (κ1) is 18.8. The number of carbonyl (C=O) groups is 2. The summed E-state index contributed by atoms with van der Waals surface area (Å²) in [6, 6.07) is 17.3. The highest BCUT2D eigenvalue weighted by Gasteiger charge is 2.26. The molecular formula is C23H22N4O2. The van der Waals surface area contributed by atoms with Gasteiger partial charge in [-0.1, -0.05) is 42.5 Å². The summed E-state index contributed by atoms with van der Waals surface area (Å²) in [5.41, 5.74) is 3.93. The van der Waals surface area contributed by atoms with E-state index in [1.165, 1.54) is 0 Å². The number of nitrogens with one attached hydrogen (secondary N) is 1. The monoisotopic (exact) mass is 386 g/mol. The summed E-state index contributed by atoms with van der Waals surface area (Å²) in [4.78, 5) is 36.0. The van der Waals surface area contributed by atoms with Crippen molar-refractivity contribution in [3.8, 4) is 11.4 Å². The van der Waals surface area contributed by atoms with E-state index in [9.17, 15) is 9.59 Å². The predicted molar refractivity (Wildman–Crippen MR) is 112 cm³/mol. The second-order valence-corrected chi connectivity index (χ2v) is 7.17. The summed E-state index contributed by atoms with van der Waals surface area (Å²) in [7, 11) is 0. The normalized spacial score (nSPS) is 13.6. The second-order valence-electron chi connectivity index (χ2n) is 7.17. The number of anilines is 1. The van der Waals surface area contributed by atoms with Crippen LogP contribution in [0.1, 0.15) is 28.0 Å². The maximum atomic E-state index is 13.0. The summed E-state index contributed by atoms with van der Waals surface area (Å²) in [6.07, 6.45) is 3.02. The van der Waals surface area contributed by atoms with Gasteiger partial charge in [-0.25, -0.2) is 9.97 Å². The van der Waals surface area contributed by atoms with Crippen LogP contribution in [0.5, 0.6) is 0 Å². The Hall–Kier alpha value is -3.54. The molecule has 0 atom stereocenters. The molecule has 0 spiro atoms. The Labute approximate surface area is 169 Å². The van der Waals surface area contributed by atoms with Crippen LogP contribution >= 0.6 is 0 Å². The van der Waals surface area contributed by atoms with Crippen molar-refractivity contribution >= 4 is 17.5 Å². The summed E-state index contributed by atoms with van der Waals surface area (Å²) in [5.74, 6) is 0.202. The first-order valence-corrected chi connectivity index (χ1v) is 9.67. The molecule has 4 rings (SSSR count). The number of nitrogens with zero attached hydrogens (tertiary/aromatic N) is 3. The van der Waals surface area contributed by atoms with Gasteiger partial charge in [-0.15, -0.1) is 0 Å². The number of aryl methyl sites for hydroxylation is 2. The predicted octanol–water partition coefficient (Wildman–Crippen LogP) is 3.48. The number of benzene rings is 2. The van der Waals surface area contributed by atoms with Crippen molar-refractivity contribution in [3.05, 3.63) is 77.6 Å². The fourth-order valence-corrected chi connectivity index (χ4v) is 3.47. The number of aromatic nitrogens is 2. The summed E-state index contributed by atoms with van der Waals surface area (Å²) >= 11 is 0. The van der Waals surface area contributed by atoms with E-state index in [0.29, 0.717) is 24.4 Å². The molecule has 1 aliphatic heterocycles. The molecule has 0 aliphatic carbocycles. The van der Waals surface area contributed by atoms with Crippen molar-refractivity contribution in [1.29, 1.82) is 0 Å². The topological polar surface area (TPSA) is 75.2 Å². The van der Waals surface area contributed by atoms with E-state index in [1.807, 2.05) is 61.5 Å². The first-order chi connectivity index (χ1) is 14.1. The van der Waals surface area contributed by atoms with Crippen molar-refractivity contribution < 1.29 is 9.59 Å². The summed E-state index contributed by atoms with van der Waals surface area (Å²) in [5, 5.41) is 2.86. The number of amides is 2. The van der Waals surface area contributed by atoms with E-state index in [1.54, 1.807) is 11.1 Å². The minimum absolute atomic E-state index is 0.00660. The number of hydrogen-bond acceptors (Lipinski definition) is 4. The van der Waals surface area contributed by atoms with Gasteiger partial charge in [-0.05, 0) is 37.5 Å². The molecule has 0 fully saturated rings. The Bertz CT molecular complexity index is 1050. The molecule has 1 aromatic heterocycles. The molecule has 6 nitrogen and oxygen atoms in total. The minimum atomic E-state index is -0.214. The molecule has 0 saturated carbocycles. The third kappa shape index (κ3) is 4.32. The molecule has 0 radical (unpaired) electrons. The standard InChI is InChI=1S/C23H22N4O2/c1-16-7-5-10-18(13-16)25-21(28)15-27-12-6-11-20-19(23(27)29)14-24-22(26-20)17-8-3-2-4-9-17/h2-5,7-10,13-14H,6,11-12,15H2,1H3,(H,25,28). The van der Waals surface area contributed by atoms with Crippen LogP contribution in [-0.4, -0.2) is 39.8 Å². The molecule has 3 aromatic rings. The van der Waals surface area contributed by atoms with Gasteiger partial charge in [0, 0.05) is 24.0 Å². The summed E-state index contributed by atoms with van der Waals surface area (Å²) in [6.45, 7) is 2.48. The van der Waals surface area contributed by atoms with E-state index in [2.05, 4.69) is 15.3 Å². The van der Waals surface area contributed by atoms with Gasteiger partial charge in [0.2, 0.25) is 5.91 Å². The number of rotatable bonds is 4. The zero-order valence-corrected chi connectivity index (χ0v) is 16.3. The molecule has 2 heterocycles. The van der Waals surface area contributed by atoms with Gasteiger partial charge in [0.1, 0.15) is 6.54 Å². The molecule has 1 N–H and O–H groups in total. The van der Waals surface area contributed by atoms with E-state index in [4.69, 9.17) is 0 Å². The molecule has 1 aliphatic rings. The molecule has 2 amide bonds. The fraction of sp³-hybridized carbons (Fsp3) is 0.217. The molecule has 146 valence electrons. The SMILES string of the molecule is Cc1cccc(NC(=O)CN2CCCc3nc(-c4ccccc4)ncc3C2=O)c1. The van der Waals surface area contributed by atoms with Crippen molar-refractivity contribution in [2.45, 2.75) is 19.8 Å². The van der Waals surface area contributed by atoms with Gasteiger partial charge in [-0.2, -0.15) is 0 Å². The highest BCUT2D eigenvalue weighted by Crippen LogP contribution is 2.21. The van der Waals surface area contributed by atoms with Crippen LogP contribution in [-0.2, 0) is 11.2 Å².